The van der Waals surface area contributed by atoms with Crippen molar-refractivity contribution < 1.29 is 23.5 Å². The molecule has 2 heterocycles. The molecule has 3 aromatic carbocycles. The zero-order valence-electron chi connectivity index (χ0n) is 26.4. The van der Waals surface area contributed by atoms with Crippen molar-refractivity contribution in [2.45, 2.75) is 52.0 Å². The van der Waals surface area contributed by atoms with Crippen molar-refractivity contribution >= 4 is 39.4 Å². The number of hydrogen-bond acceptors (Lipinski definition) is 6. The highest BCUT2D eigenvalue weighted by Crippen LogP contribution is 2.43. The number of carbonyl (C=O) groups is 2. The minimum absolute atomic E-state index is 0.0322. The number of pyridine rings is 1. The highest BCUT2D eigenvalue weighted by molar-refractivity contribution is 7.22. The smallest absolute Gasteiger partial charge is 0.216 e. The molecule has 5 aromatic rings. The summed E-state index contributed by atoms with van der Waals surface area (Å²) in [5.41, 5.74) is 1.25. The molecule has 1 amide bonds. The van der Waals surface area contributed by atoms with Gasteiger partial charge in [0.05, 0.1) is 17.5 Å². The van der Waals surface area contributed by atoms with Gasteiger partial charge in [-0.25, -0.2) is 8.78 Å². The van der Waals surface area contributed by atoms with Crippen LogP contribution in [0, 0.1) is 17.6 Å². The molecule has 7 nitrogen and oxygen atoms in total. The summed E-state index contributed by atoms with van der Waals surface area (Å²) in [4.78, 5) is 44.1. The molecule has 0 aliphatic heterocycles. The van der Waals surface area contributed by atoms with Crippen LogP contribution in [0.5, 0.6) is 0 Å². The molecular weight excluding hydrogens is 620 g/mol. The standard InChI is InChI=1S/C37H35F2N3O4S/c1-23(2)33(44)29-21-41(20-27-30(38)10-7-11-31(27)39)36-32(34(29)45)28(19-40(3)18-24-8-5-4-6-9-24)35(47-36)25-12-14-26(15-13-25)42(22-43)37(46)16-17-37/h4-15,21-23,46H,16-20H2,1-3H3. The van der Waals surface area contributed by atoms with Crippen LogP contribution in [0.2, 0.25) is 0 Å². The van der Waals surface area contributed by atoms with E-state index in [1.165, 1.54) is 40.6 Å². The summed E-state index contributed by atoms with van der Waals surface area (Å²) in [6.07, 6.45) is 3.03. The number of anilines is 1. The molecule has 1 fully saturated rings. The first kappa shape index (κ1) is 32.4. The maximum atomic E-state index is 14.9. The Labute approximate surface area is 275 Å². The van der Waals surface area contributed by atoms with Crippen molar-refractivity contribution in [2.24, 2.45) is 5.92 Å². The molecule has 0 saturated heterocycles. The Hall–Kier alpha value is -4.51. The first-order valence-electron chi connectivity index (χ1n) is 15.5. The Morgan fingerprint density at radius 2 is 1.64 bits per heavy atom. The molecule has 0 unspecified atom stereocenters. The van der Waals surface area contributed by atoms with E-state index in [9.17, 15) is 28.3 Å². The third-order valence-corrected chi connectivity index (χ3v) is 9.89. The number of amides is 1. The second-order valence-corrected chi connectivity index (χ2v) is 13.5. The van der Waals surface area contributed by atoms with Gasteiger partial charge in [-0.3, -0.25) is 24.2 Å². The van der Waals surface area contributed by atoms with Gasteiger partial charge in [0, 0.05) is 54.2 Å². The Bertz CT molecular complexity index is 2000. The van der Waals surface area contributed by atoms with E-state index in [0.717, 1.165) is 16.0 Å². The van der Waals surface area contributed by atoms with Crippen LogP contribution in [-0.2, 0) is 24.4 Å². The number of thiophene rings is 1. The van der Waals surface area contributed by atoms with Crippen molar-refractivity contribution in [3.8, 4) is 10.4 Å². The number of hydrogen-bond donors (Lipinski definition) is 1. The van der Waals surface area contributed by atoms with Crippen LogP contribution in [-0.4, -0.2) is 39.5 Å². The fourth-order valence-corrected chi connectivity index (χ4v) is 7.17. The minimum atomic E-state index is -1.18. The van der Waals surface area contributed by atoms with Gasteiger partial charge in [0.2, 0.25) is 11.8 Å². The summed E-state index contributed by atoms with van der Waals surface area (Å²) in [6, 6.07) is 20.7. The third kappa shape index (κ3) is 6.41. The van der Waals surface area contributed by atoms with Crippen molar-refractivity contribution in [3.63, 3.8) is 0 Å². The first-order valence-corrected chi connectivity index (χ1v) is 16.3. The average Bonchev–Trinajstić information content (AvgIpc) is 3.68. The summed E-state index contributed by atoms with van der Waals surface area (Å²) in [5, 5.41) is 10.9. The Morgan fingerprint density at radius 1 is 0.979 bits per heavy atom. The maximum Gasteiger partial charge on any atom is 0.216 e. The zero-order chi connectivity index (χ0) is 33.5. The van der Waals surface area contributed by atoms with Gasteiger partial charge in [-0.05, 0) is 48.0 Å². The first-order chi connectivity index (χ1) is 22.5. The number of nitrogens with zero attached hydrogens (tertiary/aromatic N) is 3. The number of Topliss-reactive ketones (excluding diaryl/α,β-unsaturated/α-hetero) is 1. The lowest BCUT2D eigenvalue weighted by Crippen LogP contribution is -2.35. The molecule has 242 valence electrons. The van der Waals surface area contributed by atoms with Crippen LogP contribution in [0.15, 0.2) is 83.8 Å². The van der Waals surface area contributed by atoms with Crippen LogP contribution in [0.4, 0.5) is 14.5 Å². The number of aliphatic hydroxyl groups is 1. The predicted octanol–water partition coefficient (Wildman–Crippen LogP) is 6.97. The molecule has 1 N–H and O–H groups in total. The van der Waals surface area contributed by atoms with Gasteiger partial charge < -0.3 is 9.67 Å². The van der Waals surface area contributed by atoms with Crippen LogP contribution in [0.1, 0.15) is 53.7 Å². The Balaban J connectivity index is 1.55. The summed E-state index contributed by atoms with van der Waals surface area (Å²) >= 11 is 1.31. The van der Waals surface area contributed by atoms with Crippen molar-refractivity contribution in [1.82, 2.24) is 9.47 Å². The van der Waals surface area contributed by atoms with E-state index >= 15 is 0 Å². The molecule has 0 spiro atoms. The molecule has 0 atom stereocenters. The predicted molar refractivity (Wildman–Crippen MR) is 180 cm³/mol. The van der Waals surface area contributed by atoms with E-state index < -0.39 is 28.7 Å². The highest BCUT2D eigenvalue weighted by atomic mass is 32.1. The van der Waals surface area contributed by atoms with Crippen molar-refractivity contribution in [1.29, 1.82) is 0 Å². The molecule has 0 bridgehead atoms. The fraction of sp³-hybridized carbons (Fsp3) is 0.270. The summed E-state index contributed by atoms with van der Waals surface area (Å²) in [7, 11) is 1.94. The average molecular weight is 656 g/mol. The molecule has 1 aliphatic rings. The number of ketones is 1. The van der Waals surface area contributed by atoms with Gasteiger partial charge in [-0.2, -0.15) is 0 Å². The summed E-state index contributed by atoms with van der Waals surface area (Å²) in [5.74, 6) is -2.27. The van der Waals surface area contributed by atoms with Crippen LogP contribution < -0.4 is 10.3 Å². The lowest BCUT2D eigenvalue weighted by Gasteiger charge is -2.23. The van der Waals surface area contributed by atoms with Gasteiger partial charge in [0.1, 0.15) is 22.2 Å². The lowest BCUT2D eigenvalue weighted by atomic mass is 9.99. The number of fused-ring (bicyclic) bond motifs is 1. The van der Waals surface area contributed by atoms with E-state index in [4.69, 9.17) is 0 Å². The lowest BCUT2D eigenvalue weighted by molar-refractivity contribution is -0.109. The molecule has 6 rings (SSSR count). The molecule has 1 saturated carbocycles. The van der Waals surface area contributed by atoms with Gasteiger partial charge >= 0.3 is 0 Å². The van der Waals surface area contributed by atoms with Crippen LogP contribution in [0.3, 0.4) is 0 Å². The topological polar surface area (TPSA) is 82.8 Å². The molecular formula is C37H35F2N3O4S. The number of benzene rings is 3. The maximum absolute atomic E-state index is 14.9. The van der Waals surface area contributed by atoms with Crippen molar-refractivity contribution in [2.75, 3.05) is 11.9 Å². The van der Waals surface area contributed by atoms with Crippen LogP contribution in [0.25, 0.3) is 20.7 Å². The summed E-state index contributed by atoms with van der Waals surface area (Å²) in [6.45, 7) is 4.13. The number of carbonyl (C=O) groups excluding carboxylic acids is 2. The van der Waals surface area contributed by atoms with Crippen molar-refractivity contribution in [3.05, 3.63) is 123 Å². The molecule has 10 heteroatoms. The van der Waals surface area contributed by atoms with Gasteiger partial charge in [-0.15, -0.1) is 11.3 Å². The quantitative estimate of drug-likeness (QED) is 0.0892. The number of rotatable bonds is 12. The third-order valence-electron chi connectivity index (χ3n) is 8.57. The molecule has 1 aliphatic carbocycles. The fourth-order valence-electron chi connectivity index (χ4n) is 5.88. The normalized spacial score (nSPS) is 13.8. The van der Waals surface area contributed by atoms with Gasteiger partial charge in [-0.1, -0.05) is 62.4 Å². The molecule has 0 radical (unpaired) electrons. The largest absolute Gasteiger partial charge is 0.370 e. The van der Waals surface area contributed by atoms with E-state index in [0.29, 0.717) is 53.8 Å². The Morgan fingerprint density at radius 3 is 2.23 bits per heavy atom. The number of aromatic nitrogens is 1. The SMILES string of the molecule is CC(C)C(=O)c1cn(Cc2c(F)cccc2F)c2sc(-c3ccc(N(C=O)C4(O)CC4)cc3)c(CN(C)Cc3ccccc3)c2c1=O. The second-order valence-electron chi connectivity index (χ2n) is 12.5. The molecule has 2 aromatic heterocycles. The Kier molecular flexibility index (Phi) is 8.93. The van der Waals surface area contributed by atoms with Gasteiger partial charge in [0.15, 0.2) is 5.78 Å². The monoisotopic (exact) mass is 655 g/mol. The number of halogens is 2. The van der Waals surface area contributed by atoms with E-state index in [1.54, 1.807) is 30.5 Å². The highest BCUT2D eigenvalue weighted by Gasteiger charge is 2.46. The molecule has 47 heavy (non-hydrogen) atoms. The van der Waals surface area contributed by atoms with Crippen LogP contribution >= 0.6 is 11.3 Å². The van der Waals surface area contributed by atoms with E-state index in [2.05, 4.69) is 4.90 Å². The van der Waals surface area contributed by atoms with Gasteiger partial charge in [0.25, 0.3) is 0 Å². The van der Waals surface area contributed by atoms with E-state index in [1.807, 2.05) is 49.5 Å². The minimum Gasteiger partial charge on any atom is -0.370 e. The zero-order valence-corrected chi connectivity index (χ0v) is 27.2. The van der Waals surface area contributed by atoms with E-state index in [-0.39, 0.29) is 23.5 Å². The summed E-state index contributed by atoms with van der Waals surface area (Å²) < 4.78 is 31.4. The second kappa shape index (κ2) is 12.9.